The molecule has 19 heavy (non-hydrogen) atoms. The number of carboxylic acid groups (broad SMARTS) is 1. The number of nitrogens with one attached hydrogen (secondary N) is 1. The number of hydrogen-bond donors (Lipinski definition) is 2. The van der Waals surface area contributed by atoms with Crippen LogP contribution in [0.1, 0.15) is 29.9 Å². The zero-order valence-electron chi connectivity index (χ0n) is 10.9. The van der Waals surface area contributed by atoms with Crippen LogP contribution >= 0.6 is 0 Å². The molecule has 0 spiro atoms. The standard InChI is InChI=1S/C11H17N5O3/c1-3-9(11(18)19)15(2)10(17)8-6-16(14-13-8)7-4-12-5-7/h6-7,9,12H,3-5H2,1-2H3,(H,18,19). The van der Waals surface area contributed by atoms with Gasteiger partial charge in [-0.1, -0.05) is 12.1 Å². The Bertz CT molecular complexity index is 482. The molecule has 8 heteroatoms. The quantitative estimate of drug-likeness (QED) is 0.736. The Morgan fingerprint density at radius 3 is 2.79 bits per heavy atom. The first kappa shape index (κ1) is 13.5. The van der Waals surface area contributed by atoms with Crippen LogP contribution in [0.2, 0.25) is 0 Å². The number of aromatic nitrogens is 3. The Balaban J connectivity index is 2.09. The molecule has 2 heterocycles. The highest BCUT2D eigenvalue weighted by Gasteiger charge is 2.28. The molecule has 0 aromatic carbocycles. The van der Waals surface area contributed by atoms with Crippen LogP contribution in [0.4, 0.5) is 0 Å². The minimum Gasteiger partial charge on any atom is -0.480 e. The zero-order valence-corrected chi connectivity index (χ0v) is 10.9. The summed E-state index contributed by atoms with van der Waals surface area (Å²) in [5.74, 6) is -1.44. The van der Waals surface area contributed by atoms with Crippen molar-refractivity contribution in [2.45, 2.75) is 25.4 Å². The SMILES string of the molecule is CCC(C(=O)O)N(C)C(=O)c1cn(C2CNC2)nn1. The number of hydrogen-bond acceptors (Lipinski definition) is 5. The Hall–Kier alpha value is -1.96. The third kappa shape index (κ3) is 2.58. The van der Waals surface area contributed by atoms with E-state index in [9.17, 15) is 9.59 Å². The zero-order chi connectivity index (χ0) is 14.0. The lowest BCUT2D eigenvalue weighted by atomic mass is 10.2. The van der Waals surface area contributed by atoms with Crippen molar-refractivity contribution in [3.63, 3.8) is 0 Å². The van der Waals surface area contributed by atoms with Crippen molar-refractivity contribution < 1.29 is 14.7 Å². The fourth-order valence-corrected chi connectivity index (χ4v) is 1.95. The maximum atomic E-state index is 12.1. The fourth-order valence-electron chi connectivity index (χ4n) is 1.95. The van der Waals surface area contributed by atoms with Crippen LogP contribution in [0, 0.1) is 0 Å². The summed E-state index contributed by atoms with van der Waals surface area (Å²) in [6.45, 7) is 3.33. The van der Waals surface area contributed by atoms with Gasteiger partial charge >= 0.3 is 5.97 Å². The van der Waals surface area contributed by atoms with E-state index in [1.54, 1.807) is 17.8 Å². The fraction of sp³-hybridized carbons (Fsp3) is 0.636. The van der Waals surface area contributed by atoms with Gasteiger partial charge in [-0.25, -0.2) is 9.48 Å². The second-order valence-corrected chi connectivity index (χ2v) is 4.57. The monoisotopic (exact) mass is 267 g/mol. The molecule has 1 fully saturated rings. The van der Waals surface area contributed by atoms with Crippen molar-refractivity contribution in [1.82, 2.24) is 25.2 Å². The normalized spacial score (nSPS) is 16.7. The molecule has 1 aliphatic heterocycles. The maximum Gasteiger partial charge on any atom is 0.326 e. The number of rotatable bonds is 5. The summed E-state index contributed by atoms with van der Waals surface area (Å²) in [6, 6.07) is -0.621. The van der Waals surface area contributed by atoms with Gasteiger partial charge in [-0.05, 0) is 6.42 Å². The number of amides is 1. The predicted octanol–water partition coefficient (Wildman–Crippen LogP) is -0.642. The Morgan fingerprint density at radius 2 is 2.32 bits per heavy atom. The largest absolute Gasteiger partial charge is 0.480 e. The van der Waals surface area contributed by atoms with E-state index in [1.807, 2.05) is 0 Å². The molecule has 0 bridgehead atoms. The van der Waals surface area contributed by atoms with E-state index in [0.717, 1.165) is 13.1 Å². The summed E-state index contributed by atoms with van der Waals surface area (Å²) in [4.78, 5) is 24.3. The molecule has 1 unspecified atom stereocenters. The van der Waals surface area contributed by atoms with Crippen molar-refractivity contribution in [2.75, 3.05) is 20.1 Å². The van der Waals surface area contributed by atoms with Crippen LogP contribution in [0.5, 0.6) is 0 Å². The molecule has 0 radical (unpaired) electrons. The summed E-state index contributed by atoms with van der Waals surface area (Å²) < 4.78 is 1.64. The first-order valence-corrected chi connectivity index (χ1v) is 6.17. The van der Waals surface area contributed by atoms with E-state index in [2.05, 4.69) is 15.6 Å². The third-order valence-corrected chi connectivity index (χ3v) is 3.32. The van der Waals surface area contributed by atoms with E-state index >= 15 is 0 Å². The van der Waals surface area contributed by atoms with Crippen LogP contribution < -0.4 is 5.32 Å². The number of nitrogens with zero attached hydrogens (tertiary/aromatic N) is 4. The lowest BCUT2D eigenvalue weighted by molar-refractivity contribution is -0.142. The molecule has 1 aromatic rings. The number of carbonyl (C=O) groups is 2. The van der Waals surface area contributed by atoms with Crippen molar-refractivity contribution >= 4 is 11.9 Å². The van der Waals surface area contributed by atoms with Crippen LogP contribution in [-0.2, 0) is 4.79 Å². The Labute approximate surface area is 110 Å². The van der Waals surface area contributed by atoms with E-state index in [-0.39, 0.29) is 11.7 Å². The van der Waals surface area contributed by atoms with Gasteiger partial charge in [0.15, 0.2) is 5.69 Å². The molecule has 1 amide bonds. The van der Waals surface area contributed by atoms with E-state index in [1.165, 1.54) is 11.9 Å². The first-order chi connectivity index (χ1) is 9.04. The molecule has 2 N–H and O–H groups in total. The smallest absolute Gasteiger partial charge is 0.326 e. The highest BCUT2D eigenvalue weighted by molar-refractivity contribution is 5.94. The van der Waals surface area contributed by atoms with Gasteiger partial charge in [0.25, 0.3) is 5.91 Å². The van der Waals surface area contributed by atoms with Gasteiger partial charge in [0.05, 0.1) is 12.2 Å². The van der Waals surface area contributed by atoms with Gasteiger partial charge in [0, 0.05) is 20.1 Å². The number of likely N-dealkylation sites (N-methyl/N-ethyl adjacent to an activating group) is 1. The minimum atomic E-state index is -1.02. The Morgan fingerprint density at radius 1 is 1.63 bits per heavy atom. The number of carboxylic acids is 1. The average Bonchev–Trinajstić information content (AvgIpc) is 2.75. The van der Waals surface area contributed by atoms with E-state index < -0.39 is 17.9 Å². The second-order valence-electron chi connectivity index (χ2n) is 4.57. The molecule has 1 aromatic heterocycles. The maximum absolute atomic E-state index is 12.1. The van der Waals surface area contributed by atoms with Crippen LogP contribution in [0.15, 0.2) is 6.20 Å². The van der Waals surface area contributed by atoms with Gasteiger partial charge < -0.3 is 15.3 Å². The topological polar surface area (TPSA) is 100 Å². The number of carbonyl (C=O) groups excluding carboxylic acids is 1. The molecule has 1 atom stereocenters. The molecule has 2 rings (SSSR count). The summed E-state index contributed by atoms with van der Waals surface area (Å²) in [5, 5.41) is 19.9. The van der Waals surface area contributed by atoms with Crippen molar-refractivity contribution in [3.05, 3.63) is 11.9 Å². The molecule has 8 nitrogen and oxygen atoms in total. The summed E-state index contributed by atoms with van der Waals surface area (Å²) in [6.07, 6.45) is 1.91. The van der Waals surface area contributed by atoms with Gasteiger partial charge in [-0.2, -0.15) is 0 Å². The van der Waals surface area contributed by atoms with Crippen molar-refractivity contribution in [2.24, 2.45) is 0 Å². The molecule has 0 saturated carbocycles. The van der Waals surface area contributed by atoms with E-state index in [0.29, 0.717) is 6.42 Å². The van der Waals surface area contributed by atoms with Gasteiger partial charge in [-0.3, -0.25) is 4.79 Å². The molecule has 1 saturated heterocycles. The molecule has 104 valence electrons. The van der Waals surface area contributed by atoms with Gasteiger partial charge in [-0.15, -0.1) is 5.10 Å². The average molecular weight is 267 g/mol. The Kier molecular flexibility index (Phi) is 3.79. The lowest BCUT2D eigenvalue weighted by Crippen LogP contribution is -2.43. The van der Waals surface area contributed by atoms with Gasteiger partial charge in [0.2, 0.25) is 0 Å². The highest BCUT2D eigenvalue weighted by Crippen LogP contribution is 2.12. The summed E-state index contributed by atoms with van der Waals surface area (Å²) in [7, 11) is 1.47. The molecular weight excluding hydrogens is 250 g/mol. The molecule has 1 aliphatic rings. The molecular formula is C11H17N5O3. The number of aliphatic carboxylic acids is 1. The van der Waals surface area contributed by atoms with E-state index in [4.69, 9.17) is 5.11 Å². The lowest BCUT2D eigenvalue weighted by Gasteiger charge is -2.26. The summed E-state index contributed by atoms with van der Waals surface area (Å²) >= 11 is 0. The predicted molar refractivity (Wildman–Crippen MR) is 65.7 cm³/mol. The minimum absolute atomic E-state index is 0.175. The molecule has 0 aliphatic carbocycles. The third-order valence-electron chi connectivity index (χ3n) is 3.32. The van der Waals surface area contributed by atoms with Crippen LogP contribution in [0.25, 0.3) is 0 Å². The van der Waals surface area contributed by atoms with Gasteiger partial charge in [0.1, 0.15) is 6.04 Å². The van der Waals surface area contributed by atoms with Crippen molar-refractivity contribution in [1.29, 1.82) is 0 Å². The van der Waals surface area contributed by atoms with Crippen LogP contribution in [-0.4, -0.2) is 63.1 Å². The summed E-state index contributed by atoms with van der Waals surface area (Å²) in [5.41, 5.74) is 0.175. The van der Waals surface area contributed by atoms with Crippen molar-refractivity contribution in [3.8, 4) is 0 Å². The van der Waals surface area contributed by atoms with Crippen LogP contribution in [0.3, 0.4) is 0 Å². The second kappa shape index (κ2) is 5.35. The first-order valence-electron chi connectivity index (χ1n) is 6.17. The highest BCUT2D eigenvalue weighted by atomic mass is 16.4.